The fourth-order valence-corrected chi connectivity index (χ4v) is 4.92. The van der Waals surface area contributed by atoms with Crippen LogP contribution in [-0.4, -0.2) is 52.2 Å². The number of hydrogen-bond donors (Lipinski definition) is 2. The maximum absolute atomic E-state index is 12.5. The fraction of sp³-hybridized carbons (Fsp3) is 0.529. The molecule has 1 spiro atoms. The lowest BCUT2D eigenvalue weighted by Crippen LogP contribution is -2.50. The van der Waals surface area contributed by atoms with Crippen LogP contribution in [-0.2, 0) is 9.59 Å². The molecule has 0 saturated carbocycles. The van der Waals surface area contributed by atoms with Gasteiger partial charge in [-0.1, -0.05) is 0 Å². The second kappa shape index (κ2) is 7.43. The zero-order valence-electron chi connectivity index (χ0n) is 14.0. The predicted molar refractivity (Wildman–Crippen MR) is 96.2 cm³/mol. The molecule has 2 aliphatic heterocycles. The topological polar surface area (TPSA) is 105 Å². The average molecular weight is 362 g/mol. The molecule has 0 aromatic carbocycles. The number of nitrogens with one attached hydrogen (secondary N) is 1. The summed E-state index contributed by atoms with van der Waals surface area (Å²) in [6, 6.07) is 1.41. The van der Waals surface area contributed by atoms with E-state index in [1.54, 1.807) is 4.90 Å². The number of pyridine rings is 1. The Balaban J connectivity index is 1.65. The smallest absolute Gasteiger partial charge is 0.313 e. The highest BCUT2D eigenvalue weighted by molar-refractivity contribution is 7.99. The van der Waals surface area contributed by atoms with Gasteiger partial charge in [0.1, 0.15) is 0 Å². The largest absolute Gasteiger partial charge is 0.366 e. The summed E-state index contributed by atoms with van der Waals surface area (Å²) in [5, 5.41) is 2.52. The van der Waals surface area contributed by atoms with E-state index in [1.807, 2.05) is 11.8 Å². The predicted octanol–water partition coefficient (Wildman–Crippen LogP) is 1.25. The molecule has 0 atom stereocenters. The zero-order chi connectivity index (χ0) is 17.9. The Kier molecular flexibility index (Phi) is 5.27. The highest BCUT2D eigenvalue weighted by Crippen LogP contribution is 2.42. The minimum Gasteiger partial charge on any atom is -0.366 e. The summed E-state index contributed by atoms with van der Waals surface area (Å²) in [5.74, 6) is 0.384. The number of rotatable bonds is 2. The van der Waals surface area contributed by atoms with Crippen LogP contribution in [0.2, 0.25) is 0 Å². The number of hydrogen-bond acceptors (Lipinski definition) is 5. The molecule has 2 fully saturated rings. The van der Waals surface area contributed by atoms with Crippen LogP contribution in [0.15, 0.2) is 18.5 Å². The van der Waals surface area contributed by atoms with E-state index in [9.17, 15) is 14.4 Å². The summed E-state index contributed by atoms with van der Waals surface area (Å²) in [6.45, 7) is 1.26. The number of likely N-dealkylation sites (tertiary alicyclic amines) is 1. The van der Waals surface area contributed by atoms with Crippen LogP contribution in [0.5, 0.6) is 0 Å². The molecule has 0 radical (unpaired) electrons. The van der Waals surface area contributed by atoms with Crippen molar-refractivity contribution in [1.29, 1.82) is 0 Å². The molecular formula is C17H22N4O3S. The van der Waals surface area contributed by atoms with E-state index >= 15 is 0 Å². The van der Waals surface area contributed by atoms with Gasteiger partial charge in [-0.2, -0.15) is 11.8 Å². The van der Waals surface area contributed by atoms with Crippen molar-refractivity contribution in [2.24, 2.45) is 11.1 Å². The maximum atomic E-state index is 12.5. The fourth-order valence-electron chi connectivity index (χ4n) is 3.56. The molecule has 25 heavy (non-hydrogen) atoms. The molecule has 3 N–H and O–H groups in total. The molecule has 1 aromatic rings. The van der Waals surface area contributed by atoms with Gasteiger partial charge in [0.2, 0.25) is 5.91 Å². The van der Waals surface area contributed by atoms with Gasteiger partial charge in [0.25, 0.3) is 0 Å². The monoisotopic (exact) mass is 362 g/mol. The second-order valence-electron chi connectivity index (χ2n) is 6.72. The van der Waals surface area contributed by atoms with Crippen LogP contribution in [0.25, 0.3) is 0 Å². The van der Waals surface area contributed by atoms with Crippen molar-refractivity contribution in [1.82, 2.24) is 9.88 Å². The molecule has 134 valence electrons. The van der Waals surface area contributed by atoms with Gasteiger partial charge in [-0.3, -0.25) is 19.4 Å². The van der Waals surface area contributed by atoms with Crippen molar-refractivity contribution < 1.29 is 14.4 Å². The molecule has 3 heterocycles. The van der Waals surface area contributed by atoms with E-state index in [4.69, 9.17) is 5.73 Å². The van der Waals surface area contributed by atoms with Crippen LogP contribution >= 0.6 is 11.8 Å². The van der Waals surface area contributed by atoms with Crippen LogP contribution in [0.4, 0.5) is 5.69 Å². The van der Waals surface area contributed by atoms with E-state index in [0.717, 1.165) is 37.2 Å². The van der Waals surface area contributed by atoms with Gasteiger partial charge in [0.15, 0.2) is 0 Å². The lowest BCUT2D eigenvalue weighted by atomic mass is 9.75. The molecular weight excluding hydrogens is 340 g/mol. The Labute approximate surface area is 150 Å². The molecule has 3 amide bonds. The van der Waals surface area contributed by atoms with Crippen molar-refractivity contribution in [2.75, 3.05) is 29.9 Å². The number of primary amides is 1. The first-order valence-corrected chi connectivity index (χ1v) is 9.57. The number of anilines is 1. The van der Waals surface area contributed by atoms with Crippen molar-refractivity contribution >= 4 is 35.2 Å². The summed E-state index contributed by atoms with van der Waals surface area (Å²) in [4.78, 5) is 41.6. The van der Waals surface area contributed by atoms with Crippen LogP contribution in [0.3, 0.4) is 0 Å². The summed E-state index contributed by atoms with van der Waals surface area (Å²) >= 11 is 1.96. The van der Waals surface area contributed by atoms with Gasteiger partial charge in [-0.15, -0.1) is 0 Å². The van der Waals surface area contributed by atoms with Crippen LogP contribution in [0, 0.1) is 5.41 Å². The lowest BCUT2D eigenvalue weighted by molar-refractivity contribution is -0.145. The molecule has 3 rings (SSSR count). The number of nitrogens with two attached hydrogens (primary N) is 1. The van der Waals surface area contributed by atoms with Gasteiger partial charge in [0, 0.05) is 19.3 Å². The number of aromatic nitrogens is 1. The number of nitrogens with zero attached hydrogens (tertiary/aromatic N) is 2. The highest BCUT2D eigenvalue weighted by Gasteiger charge is 2.39. The number of carbonyl (C=O) groups is 3. The van der Waals surface area contributed by atoms with Crippen molar-refractivity contribution in [3.05, 3.63) is 24.0 Å². The molecule has 1 aromatic heterocycles. The number of thioether (sulfide) groups is 1. The maximum Gasteiger partial charge on any atom is 0.313 e. The van der Waals surface area contributed by atoms with Crippen LogP contribution in [0.1, 0.15) is 36.0 Å². The lowest BCUT2D eigenvalue weighted by Gasteiger charge is -2.44. The van der Waals surface area contributed by atoms with Gasteiger partial charge in [0.05, 0.1) is 17.4 Å². The first-order valence-electron chi connectivity index (χ1n) is 8.42. The highest BCUT2D eigenvalue weighted by atomic mass is 32.2. The van der Waals surface area contributed by atoms with Gasteiger partial charge >= 0.3 is 11.8 Å². The van der Waals surface area contributed by atoms with E-state index in [1.165, 1.54) is 18.5 Å². The molecule has 2 aliphatic rings. The van der Waals surface area contributed by atoms with Crippen molar-refractivity contribution in [3.8, 4) is 0 Å². The van der Waals surface area contributed by atoms with Crippen molar-refractivity contribution in [2.45, 2.75) is 25.7 Å². The SMILES string of the molecule is NC(=O)c1cncc(NC(=O)C(=O)N2CCCC3(CCSCC3)C2)c1. The average Bonchev–Trinajstić information content (AvgIpc) is 2.62. The first-order chi connectivity index (χ1) is 12.0. The Morgan fingerprint density at radius 2 is 1.96 bits per heavy atom. The van der Waals surface area contributed by atoms with Gasteiger partial charge < -0.3 is 16.0 Å². The molecule has 8 heteroatoms. The molecule has 0 unspecified atom stereocenters. The first kappa shape index (κ1) is 17.7. The van der Waals surface area contributed by atoms with E-state index < -0.39 is 17.7 Å². The molecule has 0 bridgehead atoms. The minimum absolute atomic E-state index is 0.173. The van der Waals surface area contributed by atoms with Gasteiger partial charge in [-0.25, -0.2) is 0 Å². The van der Waals surface area contributed by atoms with E-state index in [2.05, 4.69) is 10.3 Å². The minimum atomic E-state index is -0.703. The molecule has 7 nitrogen and oxygen atoms in total. The third-order valence-corrected chi connectivity index (χ3v) is 5.96. The zero-order valence-corrected chi connectivity index (χ0v) is 14.8. The quantitative estimate of drug-likeness (QED) is 0.771. The van der Waals surface area contributed by atoms with Crippen molar-refractivity contribution in [3.63, 3.8) is 0 Å². The molecule has 0 aliphatic carbocycles. The summed E-state index contributed by atoms with van der Waals surface area (Å²) < 4.78 is 0. The summed E-state index contributed by atoms with van der Waals surface area (Å²) in [5.41, 5.74) is 5.84. The Morgan fingerprint density at radius 1 is 1.20 bits per heavy atom. The third-order valence-electron chi connectivity index (χ3n) is 4.98. The third kappa shape index (κ3) is 4.12. The Bertz CT molecular complexity index is 683. The van der Waals surface area contributed by atoms with Crippen LogP contribution < -0.4 is 11.1 Å². The van der Waals surface area contributed by atoms with E-state index in [0.29, 0.717) is 13.1 Å². The van der Waals surface area contributed by atoms with E-state index in [-0.39, 0.29) is 16.7 Å². The normalized spacial score (nSPS) is 19.4. The number of amides is 3. The number of piperidine rings is 1. The summed E-state index contributed by atoms with van der Waals surface area (Å²) in [7, 11) is 0. The number of carbonyl (C=O) groups excluding carboxylic acids is 3. The van der Waals surface area contributed by atoms with Gasteiger partial charge in [-0.05, 0) is 48.7 Å². The Morgan fingerprint density at radius 3 is 2.68 bits per heavy atom. The molecule has 2 saturated heterocycles. The Hall–Kier alpha value is -2.09. The second-order valence-corrected chi connectivity index (χ2v) is 7.95. The summed E-state index contributed by atoms with van der Waals surface area (Å²) in [6.07, 6.45) is 6.97. The standard InChI is InChI=1S/C17H22N4O3S/c18-14(22)12-8-13(10-19-9-12)20-15(23)16(24)21-5-1-2-17(11-21)3-6-25-7-4-17/h8-10H,1-7,11H2,(H2,18,22)(H,20,23).